The molecule has 0 aliphatic carbocycles. The van der Waals surface area contributed by atoms with Gasteiger partial charge in [-0.2, -0.15) is 0 Å². The molecule has 4 N–H and O–H groups in total. The van der Waals surface area contributed by atoms with Gasteiger partial charge in [0.1, 0.15) is 11.5 Å². The summed E-state index contributed by atoms with van der Waals surface area (Å²) in [6.45, 7) is 0. The number of methoxy groups -OCH3 is 2. The van der Waals surface area contributed by atoms with Crippen LogP contribution in [0.4, 0.5) is 0 Å². The van der Waals surface area contributed by atoms with Crippen molar-refractivity contribution in [1.29, 1.82) is 0 Å². The minimum absolute atomic E-state index is 0.423. The number of nitrogens with two attached hydrogens (primary N) is 2. The van der Waals surface area contributed by atoms with Crippen LogP contribution in [0.3, 0.4) is 0 Å². The summed E-state index contributed by atoms with van der Waals surface area (Å²) < 4.78 is 9.79. The van der Waals surface area contributed by atoms with Crippen molar-refractivity contribution in [3.8, 4) is 11.5 Å². The van der Waals surface area contributed by atoms with E-state index in [-0.39, 0.29) is 0 Å². The molecule has 2 rings (SSSR count). The second-order valence-electron chi connectivity index (χ2n) is 4.19. The normalized spacial score (nSPS) is 9.18. The molecular formula is C16H18N2O4. The van der Waals surface area contributed by atoms with Crippen LogP contribution in [0.25, 0.3) is 0 Å². The first-order valence-electron chi connectivity index (χ1n) is 6.35. The summed E-state index contributed by atoms with van der Waals surface area (Å²) in [5, 5.41) is 0. The Morgan fingerprint density at radius 3 is 1.77 bits per heavy atom. The van der Waals surface area contributed by atoms with Crippen molar-refractivity contribution < 1.29 is 19.1 Å². The third-order valence-corrected chi connectivity index (χ3v) is 2.73. The summed E-state index contributed by atoms with van der Waals surface area (Å²) >= 11 is 0. The highest BCUT2D eigenvalue weighted by atomic mass is 16.5. The van der Waals surface area contributed by atoms with E-state index in [9.17, 15) is 9.59 Å². The number of hydrogen-bond acceptors (Lipinski definition) is 4. The molecule has 2 aromatic carbocycles. The Morgan fingerprint density at radius 2 is 1.32 bits per heavy atom. The van der Waals surface area contributed by atoms with Gasteiger partial charge in [-0.3, -0.25) is 9.59 Å². The molecule has 116 valence electrons. The SMILES string of the molecule is COc1ccc(C(N)=O)cc1.COc1cccc(C(N)=O)c1. The molecule has 0 aromatic heterocycles. The van der Waals surface area contributed by atoms with Crippen molar-refractivity contribution in [2.75, 3.05) is 14.2 Å². The zero-order chi connectivity index (χ0) is 16.5. The number of carbonyl (C=O) groups excluding carboxylic acids is 2. The zero-order valence-electron chi connectivity index (χ0n) is 12.4. The lowest BCUT2D eigenvalue weighted by Gasteiger charge is -1.99. The van der Waals surface area contributed by atoms with Crippen LogP contribution in [-0.2, 0) is 0 Å². The molecule has 6 nitrogen and oxygen atoms in total. The molecule has 0 unspecified atom stereocenters. The molecule has 0 aliphatic heterocycles. The number of hydrogen-bond donors (Lipinski definition) is 2. The van der Waals surface area contributed by atoms with Crippen molar-refractivity contribution in [3.05, 3.63) is 59.7 Å². The van der Waals surface area contributed by atoms with Crippen LogP contribution >= 0.6 is 0 Å². The standard InChI is InChI=1S/2C8H9NO2/c1-11-7-4-2-6(3-5-7)8(9)10;1-11-7-4-2-3-6(5-7)8(9)10/h2*2-5H,1H3,(H2,9,10). The second kappa shape index (κ2) is 8.31. The summed E-state index contributed by atoms with van der Waals surface area (Å²) in [5.74, 6) is 0.493. The smallest absolute Gasteiger partial charge is 0.248 e. The van der Waals surface area contributed by atoms with Crippen LogP contribution < -0.4 is 20.9 Å². The Labute approximate surface area is 128 Å². The van der Waals surface area contributed by atoms with Gasteiger partial charge in [0.25, 0.3) is 0 Å². The predicted octanol–water partition coefficient (Wildman–Crippen LogP) is 1.59. The maximum atomic E-state index is 10.6. The fraction of sp³-hybridized carbons (Fsp3) is 0.125. The van der Waals surface area contributed by atoms with Crippen LogP contribution in [-0.4, -0.2) is 26.0 Å². The largest absolute Gasteiger partial charge is 0.497 e. The quantitative estimate of drug-likeness (QED) is 0.894. The van der Waals surface area contributed by atoms with Crippen LogP contribution in [0, 0.1) is 0 Å². The number of primary amides is 2. The first kappa shape index (κ1) is 17.0. The van der Waals surface area contributed by atoms with E-state index in [2.05, 4.69) is 0 Å². The van der Waals surface area contributed by atoms with Gasteiger partial charge < -0.3 is 20.9 Å². The van der Waals surface area contributed by atoms with E-state index in [0.717, 1.165) is 5.75 Å². The predicted molar refractivity (Wildman–Crippen MR) is 83.0 cm³/mol. The molecule has 0 bridgehead atoms. The van der Waals surface area contributed by atoms with Crippen LogP contribution in [0.2, 0.25) is 0 Å². The Hall–Kier alpha value is -3.02. The molecule has 0 saturated carbocycles. The second-order valence-corrected chi connectivity index (χ2v) is 4.19. The molecule has 0 atom stereocenters. The van der Waals surface area contributed by atoms with E-state index in [0.29, 0.717) is 16.9 Å². The van der Waals surface area contributed by atoms with Gasteiger partial charge in [-0.1, -0.05) is 6.07 Å². The van der Waals surface area contributed by atoms with Gasteiger partial charge in [0.15, 0.2) is 0 Å². The number of benzene rings is 2. The molecule has 0 fully saturated rings. The summed E-state index contributed by atoms with van der Waals surface area (Å²) in [6.07, 6.45) is 0. The molecule has 0 spiro atoms. The summed E-state index contributed by atoms with van der Waals surface area (Å²) in [4.78, 5) is 21.2. The lowest BCUT2D eigenvalue weighted by atomic mass is 10.2. The van der Waals surface area contributed by atoms with Gasteiger partial charge in [0.2, 0.25) is 11.8 Å². The summed E-state index contributed by atoms with van der Waals surface area (Å²) in [6, 6.07) is 13.4. The molecule has 0 heterocycles. The fourth-order valence-electron chi connectivity index (χ4n) is 1.53. The molecule has 6 heteroatoms. The highest BCUT2D eigenvalue weighted by Gasteiger charge is 1.99. The van der Waals surface area contributed by atoms with E-state index in [4.69, 9.17) is 20.9 Å². The highest BCUT2D eigenvalue weighted by molar-refractivity contribution is 5.93. The number of carbonyl (C=O) groups is 2. The Morgan fingerprint density at radius 1 is 0.773 bits per heavy atom. The van der Waals surface area contributed by atoms with E-state index in [1.54, 1.807) is 62.8 Å². The zero-order valence-corrected chi connectivity index (χ0v) is 12.4. The monoisotopic (exact) mass is 302 g/mol. The van der Waals surface area contributed by atoms with Gasteiger partial charge in [0, 0.05) is 11.1 Å². The lowest BCUT2D eigenvalue weighted by Crippen LogP contribution is -2.10. The third-order valence-electron chi connectivity index (χ3n) is 2.73. The molecular weight excluding hydrogens is 284 g/mol. The average molecular weight is 302 g/mol. The van der Waals surface area contributed by atoms with E-state index in [1.165, 1.54) is 0 Å². The maximum Gasteiger partial charge on any atom is 0.248 e. The van der Waals surface area contributed by atoms with Crippen LogP contribution in [0.1, 0.15) is 20.7 Å². The molecule has 0 aliphatic rings. The number of amides is 2. The first-order chi connectivity index (χ1) is 10.5. The van der Waals surface area contributed by atoms with E-state index >= 15 is 0 Å². The Kier molecular flexibility index (Phi) is 6.43. The minimum atomic E-state index is -0.441. The molecule has 2 amide bonds. The van der Waals surface area contributed by atoms with Crippen molar-refractivity contribution in [3.63, 3.8) is 0 Å². The topological polar surface area (TPSA) is 105 Å². The maximum absolute atomic E-state index is 10.6. The summed E-state index contributed by atoms with van der Waals surface area (Å²) in [5.41, 5.74) is 11.0. The van der Waals surface area contributed by atoms with Gasteiger partial charge in [-0.15, -0.1) is 0 Å². The van der Waals surface area contributed by atoms with Crippen molar-refractivity contribution in [1.82, 2.24) is 0 Å². The van der Waals surface area contributed by atoms with Crippen LogP contribution in [0.15, 0.2) is 48.5 Å². The Bertz CT molecular complexity index is 639. The Balaban J connectivity index is 0.000000220. The molecule has 0 saturated heterocycles. The summed E-state index contributed by atoms with van der Waals surface area (Å²) in [7, 11) is 3.11. The van der Waals surface area contributed by atoms with Crippen LogP contribution in [0.5, 0.6) is 11.5 Å². The molecule has 22 heavy (non-hydrogen) atoms. The minimum Gasteiger partial charge on any atom is -0.497 e. The van der Waals surface area contributed by atoms with Gasteiger partial charge in [-0.25, -0.2) is 0 Å². The molecule has 0 radical (unpaired) electrons. The van der Waals surface area contributed by atoms with Gasteiger partial charge in [-0.05, 0) is 42.5 Å². The van der Waals surface area contributed by atoms with Gasteiger partial charge in [0.05, 0.1) is 14.2 Å². The first-order valence-corrected chi connectivity index (χ1v) is 6.35. The number of ether oxygens (including phenoxy) is 2. The van der Waals surface area contributed by atoms with E-state index < -0.39 is 11.8 Å². The highest BCUT2D eigenvalue weighted by Crippen LogP contribution is 2.11. The van der Waals surface area contributed by atoms with Gasteiger partial charge >= 0.3 is 0 Å². The number of rotatable bonds is 4. The average Bonchev–Trinajstić information content (AvgIpc) is 2.55. The molecule has 2 aromatic rings. The van der Waals surface area contributed by atoms with Crippen molar-refractivity contribution in [2.24, 2.45) is 11.5 Å². The lowest BCUT2D eigenvalue weighted by molar-refractivity contribution is 0.0991. The van der Waals surface area contributed by atoms with Crippen molar-refractivity contribution >= 4 is 11.8 Å². The van der Waals surface area contributed by atoms with E-state index in [1.807, 2.05) is 0 Å². The fourth-order valence-corrected chi connectivity index (χ4v) is 1.53. The van der Waals surface area contributed by atoms with Crippen molar-refractivity contribution in [2.45, 2.75) is 0 Å². The third kappa shape index (κ3) is 5.16.